The number of carboxylic acid groups (broad SMARTS) is 1. The molecule has 3 atom stereocenters. The summed E-state index contributed by atoms with van der Waals surface area (Å²) < 4.78 is 0. The van der Waals surface area contributed by atoms with E-state index in [1.807, 2.05) is 38.1 Å². The van der Waals surface area contributed by atoms with E-state index in [1.165, 1.54) is 4.90 Å². The van der Waals surface area contributed by atoms with Crippen molar-refractivity contribution in [3.63, 3.8) is 0 Å². The second-order valence-corrected chi connectivity index (χ2v) is 5.48. The Morgan fingerprint density at radius 3 is 2.52 bits per heavy atom. The van der Waals surface area contributed by atoms with Crippen molar-refractivity contribution in [2.45, 2.75) is 38.5 Å². The minimum atomic E-state index is -1.09. The number of aliphatic carboxylic acids is 1. The van der Waals surface area contributed by atoms with Gasteiger partial charge in [-0.15, -0.1) is 0 Å². The van der Waals surface area contributed by atoms with E-state index in [2.05, 4.69) is 5.32 Å². The Labute approximate surface area is 123 Å². The van der Waals surface area contributed by atoms with Crippen molar-refractivity contribution in [3.05, 3.63) is 35.4 Å². The van der Waals surface area contributed by atoms with E-state index in [9.17, 15) is 14.7 Å². The van der Waals surface area contributed by atoms with E-state index in [0.29, 0.717) is 0 Å². The summed E-state index contributed by atoms with van der Waals surface area (Å²) in [5.74, 6) is -1.09. The normalized spacial score (nSPS) is 22.9. The highest BCUT2D eigenvalue weighted by molar-refractivity contribution is 5.83. The van der Waals surface area contributed by atoms with Crippen molar-refractivity contribution >= 4 is 12.0 Å². The lowest BCUT2D eigenvalue weighted by Crippen LogP contribution is -2.46. The molecule has 2 unspecified atom stereocenters. The molecule has 6 nitrogen and oxygen atoms in total. The second kappa shape index (κ2) is 6.13. The van der Waals surface area contributed by atoms with Crippen LogP contribution in [0, 0.1) is 6.92 Å². The van der Waals surface area contributed by atoms with Crippen LogP contribution in [-0.4, -0.2) is 45.8 Å². The number of carboxylic acids is 1. The molecule has 3 N–H and O–H groups in total. The maximum atomic E-state index is 12.2. The molecule has 2 rings (SSSR count). The lowest BCUT2D eigenvalue weighted by Gasteiger charge is -2.24. The average molecular weight is 292 g/mol. The number of benzene rings is 1. The van der Waals surface area contributed by atoms with Gasteiger partial charge in [0.1, 0.15) is 6.04 Å². The molecule has 0 saturated carbocycles. The molecule has 1 fully saturated rings. The molecule has 0 aliphatic carbocycles. The van der Waals surface area contributed by atoms with Crippen molar-refractivity contribution in [1.82, 2.24) is 10.2 Å². The number of aliphatic hydroxyl groups excluding tert-OH is 1. The van der Waals surface area contributed by atoms with Gasteiger partial charge in [0.05, 0.1) is 12.1 Å². The predicted molar refractivity (Wildman–Crippen MR) is 76.9 cm³/mol. The predicted octanol–water partition coefficient (Wildman–Crippen LogP) is 1.29. The van der Waals surface area contributed by atoms with Gasteiger partial charge in [-0.05, 0) is 19.4 Å². The molecule has 1 aromatic rings. The molecule has 1 aromatic carbocycles. The van der Waals surface area contributed by atoms with Crippen LogP contribution in [0.25, 0.3) is 0 Å². The van der Waals surface area contributed by atoms with E-state index >= 15 is 0 Å². The fourth-order valence-corrected chi connectivity index (χ4v) is 2.48. The smallest absolute Gasteiger partial charge is 0.326 e. The van der Waals surface area contributed by atoms with Crippen LogP contribution >= 0.6 is 0 Å². The lowest BCUT2D eigenvalue weighted by molar-refractivity contribution is -0.141. The average Bonchev–Trinajstić information content (AvgIpc) is 2.82. The second-order valence-electron chi connectivity index (χ2n) is 5.48. The van der Waals surface area contributed by atoms with E-state index < -0.39 is 24.1 Å². The molecule has 0 radical (unpaired) electrons. The lowest BCUT2D eigenvalue weighted by atomic mass is 10.1. The first kappa shape index (κ1) is 15.3. The minimum absolute atomic E-state index is 0.0451. The number of likely N-dealkylation sites (tertiary alicyclic amines) is 1. The molecule has 0 aromatic heterocycles. The molecule has 2 amide bonds. The fraction of sp³-hybridized carbons (Fsp3) is 0.467. The molecule has 1 aliphatic rings. The Hall–Kier alpha value is -2.08. The van der Waals surface area contributed by atoms with Gasteiger partial charge in [0.15, 0.2) is 0 Å². The van der Waals surface area contributed by atoms with E-state index in [-0.39, 0.29) is 19.0 Å². The summed E-state index contributed by atoms with van der Waals surface area (Å²) in [5.41, 5.74) is 2.08. The molecule has 0 spiro atoms. The third kappa shape index (κ3) is 3.52. The molecular formula is C15H20N2O4. The van der Waals surface area contributed by atoms with Crippen LogP contribution in [0.5, 0.6) is 0 Å². The topological polar surface area (TPSA) is 89.9 Å². The number of β-amino-alcohol motifs (C(OH)–C–C–N with tert-alkyl or cyclic N) is 1. The molecule has 1 aliphatic heterocycles. The third-order valence-electron chi connectivity index (χ3n) is 3.74. The molecule has 21 heavy (non-hydrogen) atoms. The van der Waals surface area contributed by atoms with Crippen LogP contribution in [-0.2, 0) is 4.79 Å². The van der Waals surface area contributed by atoms with E-state index in [1.54, 1.807) is 0 Å². The molecule has 6 heteroatoms. The maximum Gasteiger partial charge on any atom is 0.326 e. The van der Waals surface area contributed by atoms with Crippen molar-refractivity contribution in [2.75, 3.05) is 6.54 Å². The van der Waals surface area contributed by atoms with Crippen LogP contribution in [0.2, 0.25) is 0 Å². The summed E-state index contributed by atoms with van der Waals surface area (Å²) >= 11 is 0. The Kier molecular flexibility index (Phi) is 4.47. The third-order valence-corrected chi connectivity index (χ3v) is 3.74. The zero-order valence-corrected chi connectivity index (χ0v) is 12.1. The highest BCUT2D eigenvalue weighted by Crippen LogP contribution is 2.20. The van der Waals surface area contributed by atoms with E-state index in [0.717, 1.165) is 11.1 Å². The van der Waals surface area contributed by atoms with Gasteiger partial charge in [-0.1, -0.05) is 29.8 Å². The van der Waals surface area contributed by atoms with Gasteiger partial charge in [-0.25, -0.2) is 9.59 Å². The highest BCUT2D eigenvalue weighted by Gasteiger charge is 2.39. The van der Waals surface area contributed by atoms with Gasteiger partial charge in [0.2, 0.25) is 0 Å². The van der Waals surface area contributed by atoms with Gasteiger partial charge < -0.3 is 20.4 Å². The summed E-state index contributed by atoms with van der Waals surface area (Å²) in [6.45, 7) is 3.87. The van der Waals surface area contributed by atoms with Gasteiger partial charge in [-0.2, -0.15) is 0 Å². The number of urea groups is 1. The molecule has 114 valence electrons. The number of amides is 2. The summed E-state index contributed by atoms with van der Waals surface area (Å²) in [5, 5.41) is 21.4. The minimum Gasteiger partial charge on any atom is -0.480 e. The number of aliphatic hydroxyl groups is 1. The quantitative estimate of drug-likeness (QED) is 0.783. The van der Waals surface area contributed by atoms with Gasteiger partial charge in [-0.3, -0.25) is 0 Å². The van der Waals surface area contributed by atoms with Crippen molar-refractivity contribution in [3.8, 4) is 0 Å². The Bertz CT molecular complexity index is 529. The largest absolute Gasteiger partial charge is 0.480 e. The Morgan fingerprint density at radius 1 is 1.33 bits per heavy atom. The number of carbonyl (C=O) groups is 2. The molecule has 1 heterocycles. The first-order valence-corrected chi connectivity index (χ1v) is 6.93. The molecular weight excluding hydrogens is 272 g/mol. The standard InChI is InChI=1S/C15H20N2O4/c1-9-3-5-11(6-4-9)10(2)16-15(21)17-8-12(18)7-13(17)14(19)20/h3-6,10,12-13,18H,7-8H2,1-2H3,(H,16,21)(H,19,20)/t10?,12?,13-/m0/s1. The van der Waals surface area contributed by atoms with Crippen LogP contribution in [0.1, 0.15) is 30.5 Å². The van der Waals surface area contributed by atoms with Crippen molar-refractivity contribution < 1.29 is 19.8 Å². The molecule has 1 saturated heterocycles. The number of rotatable bonds is 3. The summed E-state index contributed by atoms with van der Waals surface area (Å²) in [4.78, 5) is 24.5. The number of nitrogens with zero attached hydrogens (tertiary/aromatic N) is 1. The number of hydrogen-bond acceptors (Lipinski definition) is 3. The van der Waals surface area contributed by atoms with Gasteiger partial charge in [0, 0.05) is 13.0 Å². The van der Waals surface area contributed by atoms with Gasteiger partial charge >= 0.3 is 12.0 Å². The van der Waals surface area contributed by atoms with E-state index in [4.69, 9.17) is 5.11 Å². The zero-order chi connectivity index (χ0) is 15.6. The van der Waals surface area contributed by atoms with Crippen LogP contribution in [0.3, 0.4) is 0 Å². The highest BCUT2D eigenvalue weighted by atomic mass is 16.4. The number of hydrogen-bond donors (Lipinski definition) is 3. The first-order chi connectivity index (χ1) is 9.88. The number of aryl methyl sites for hydroxylation is 1. The van der Waals surface area contributed by atoms with Crippen LogP contribution < -0.4 is 5.32 Å². The van der Waals surface area contributed by atoms with Gasteiger partial charge in [0.25, 0.3) is 0 Å². The summed E-state index contributed by atoms with van der Waals surface area (Å²) in [7, 11) is 0. The molecule has 0 bridgehead atoms. The first-order valence-electron chi connectivity index (χ1n) is 6.93. The van der Waals surface area contributed by atoms with Crippen molar-refractivity contribution in [2.24, 2.45) is 0 Å². The maximum absolute atomic E-state index is 12.2. The van der Waals surface area contributed by atoms with Crippen LogP contribution in [0.15, 0.2) is 24.3 Å². The number of carbonyl (C=O) groups excluding carboxylic acids is 1. The summed E-state index contributed by atoms with van der Waals surface area (Å²) in [6, 6.07) is 6.10. The monoisotopic (exact) mass is 292 g/mol. The number of nitrogens with one attached hydrogen (secondary N) is 1. The Morgan fingerprint density at radius 2 is 1.95 bits per heavy atom. The van der Waals surface area contributed by atoms with Crippen LogP contribution in [0.4, 0.5) is 4.79 Å². The van der Waals surface area contributed by atoms with Crippen molar-refractivity contribution in [1.29, 1.82) is 0 Å². The summed E-state index contributed by atoms with van der Waals surface area (Å²) in [6.07, 6.45) is -0.715. The zero-order valence-electron chi connectivity index (χ0n) is 12.1. The SMILES string of the molecule is Cc1ccc(C(C)NC(=O)N2CC(O)C[C@H]2C(=O)O)cc1. The fourth-order valence-electron chi connectivity index (χ4n) is 2.48. The Balaban J connectivity index is 2.03.